The molecule has 1 nitrogen and oxygen atoms in total. The van der Waals surface area contributed by atoms with Gasteiger partial charge in [-0.3, -0.25) is 0 Å². The van der Waals surface area contributed by atoms with Crippen LogP contribution in [0, 0.1) is 5.82 Å². The second-order valence-electron chi connectivity index (χ2n) is 5.63. The van der Waals surface area contributed by atoms with Crippen LogP contribution in [0.25, 0.3) is 11.1 Å². The van der Waals surface area contributed by atoms with Gasteiger partial charge in [0.1, 0.15) is 0 Å². The van der Waals surface area contributed by atoms with Crippen molar-refractivity contribution in [3.63, 3.8) is 0 Å². The Kier molecular flexibility index (Phi) is 6.00. The standard InChI is InChI=1S/C20H25FO/c1-4-13-22-20-12-11-18(14-19(20)21)17-9-7-16(8-10-17)15(5-2)6-3/h7-12,14-15H,4-6,13H2,1-3H3. The van der Waals surface area contributed by atoms with E-state index in [0.29, 0.717) is 18.3 Å². The van der Waals surface area contributed by atoms with Gasteiger partial charge < -0.3 is 4.74 Å². The first-order valence-corrected chi connectivity index (χ1v) is 8.22. The van der Waals surface area contributed by atoms with Crippen molar-refractivity contribution >= 4 is 0 Å². The van der Waals surface area contributed by atoms with Crippen LogP contribution in [0.4, 0.5) is 4.39 Å². The third-order valence-corrected chi connectivity index (χ3v) is 4.09. The molecule has 2 heteroatoms. The maximum Gasteiger partial charge on any atom is 0.165 e. The van der Waals surface area contributed by atoms with Gasteiger partial charge in [-0.2, -0.15) is 0 Å². The fourth-order valence-electron chi connectivity index (χ4n) is 2.72. The number of benzene rings is 2. The lowest BCUT2D eigenvalue weighted by Gasteiger charge is -2.13. The topological polar surface area (TPSA) is 9.23 Å². The molecule has 0 aliphatic carbocycles. The molecule has 0 amide bonds. The van der Waals surface area contributed by atoms with Crippen LogP contribution >= 0.6 is 0 Å². The van der Waals surface area contributed by atoms with Crippen molar-refractivity contribution in [1.29, 1.82) is 0 Å². The Labute approximate surface area is 133 Å². The summed E-state index contributed by atoms with van der Waals surface area (Å²) in [6.45, 7) is 6.98. The van der Waals surface area contributed by atoms with E-state index < -0.39 is 0 Å². The highest BCUT2D eigenvalue weighted by atomic mass is 19.1. The van der Waals surface area contributed by atoms with Crippen molar-refractivity contribution in [3.8, 4) is 16.9 Å². The van der Waals surface area contributed by atoms with Crippen molar-refractivity contribution in [3.05, 3.63) is 53.8 Å². The SMILES string of the molecule is CCCOc1ccc(-c2ccc(C(CC)CC)cc2)cc1F. The molecule has 0 bridgehead atoms. The molecule has 2 aromatic rings. The van der Waals surface area contributed by atoms with Crippen LogP contribution in [0.3, 0.4) is 0 Å². The Bertz CT molecular complexity index is 585. The van der Waals surface area contributed by atoms with E-state index >= 15 is 0 Å². The molecule has 0 aromatic heterocycles. The molecule has 0 atom stereocenters. The van der Waals surface area contributed by atoms with E-state index in [1.54, 1.807) is 12.1 Å². The third-order valence-electron chi connectivity index (χ3n) is 4.09. The predicted molar refractivity (Wildman–Crippen MR) is 90.9 cm³/mol. The monoisotopic (exact) mass is 300 g/mol. The molecule has 0 spiro atoms. The zero-order valence-corrected chi connectivity index (χ0v) is 13.7. The Balaban J connectivity index is 2.19. The summed E-state index contributed by atoms with van der Waals surface area (Å²) in [5, 5.41) is 0. The Hall–Kier alpha value is -1.83. The minimum atomic E-state index is -0.296. The highest BCUT2D eigenvalue weighted by molar-refractivity contribution is 5.64. The van der Waals surface area contributed by atoms with E-state index in [1.807, 2.05) is 13.0 Å². The summed E-state index contributed by atoms with van der Waals surface area (Å²) < 4.78 is 19.4. The van der Waals surface area contributed by atoms with Gasteiger partial charge >= 0.3 is 0 Å². The maximum absolute atomic E-state index is 14.1. The zero-order valence-electron chi connectivity index (χ0n) is 13.7. The molecule has 0 unspecified atom stereocenters. The second-order valence-corrected chi connectivity index (χ2v) is 5.63. The summed E-state index contributed by atoms with van der Waals surface area (Å²) >= 11 is 0. The summed E-state index contributed by atoms with van der Waals surface area (Å²) in [5.74, 6) is 0.643. The van der Waals surface area contributed by atoms with Crippen LogP contribution in [-0.4, -0.2) is 6.61 Å². The molecule has 0 N–H and O–H groups in total. The summed E-state index contributed by atoms with van der Waals surface area (Å²) in [6.07, 6.45) is 3.17. The van der Waals surface area contributed by atoms with Crippen LogP contribution in [0.2, 0.25) is 0 Å². The highest BCUT2D eigenvalue weighted by Gasteiger charge is 2.09. The molecule has 0 saturated carbocycles. The van der Waals surface area contributed by atoms with Crippen molar-refractivity contribution in [1.82, 2.24) is 0 Å². The highest BCUT2D eigenvalue weighted by Crippen LogP contribution is 2.29. The van der Waals surface area contributed by atoms with Crippen LogP contribution in [0.5, 0.6) is 5.75 Å². The van der Waals surface area contributed by atoms with Gasteiger partial charge in [-0.25, -0.2) is 4.39 Å². The lowest BCUT2D eigenvalue weighted by atomic mass is 9.92. The lowest BCUT2D eigenvalue weighted by molar-refractivity contribution is 0.301. The lowest BCUT2D eigenvalue weighted by Crippen LogP contribution is -1.97. The molecule has 118 valence electrons. The first kappa shape index (κ1) is 16.5. The minimum Gasteiger partial charge on any atom is -0.491 e. The molecule has 2 rings (SSSR count). The fourth-order valence-corrected chi connectivity index (χ4v) is 2.72. The fraction of sp³-hybridized carbons (Fsp3) is 0.400. The smallest absolute Gasteiger partial charge is 0.165 e. The summed E-state index contributed by atoms with van der Waals surface area (Å²) in [6, 6.07) is 13.7. The Morgan fingerprint density at radius 1 is 0.909 bits per heavy atom. The number of halogens is 1. The number of rotatable bonds is 7. The number of hydrogen-bond donors (Lipinski definition) is 0. The van der Waals surface area contributed by atoms with Gasteiger partial charge in [0.05, 0.1) is 6.61 Å². The summed E-state index contributed by atoms with van der Waals surface area (Å²) in [7, 11) is 0. The van der Waals surface area contributed by atoms with E-state index in [1.165, 1.54) is 5.56 Å². The molecule has 0 aliphatic heterocycles. The molecule has 0 aliphatic rings. The van der Waals surface area contributed by atoms with Gasteiger partial charge in [-0.05, 0) is 54.0 Å². The van der Waals surface area contributed by atoms with E-state index in [-0.39, 0.29) is 5.82 Å². The number of ether oxygens (including phenoxy) is 1. The van der Waals surface area contributed by atoms with Gasteiger partial charge in [0.2, 0.25) is 0 Å². The third kappa shape index (κ3) is 3.88. The number of hydrogen-bond acceptors (Lipinski definition) is 1. The van der Waals surface area contributed by atoms with E-state index in [9.17, 15) is 4.39 Å². The van der Waals surface area contributed by atoms with E-state index in [0.717, 1.165) is 30.4 Å². The molecular weight excluding hydrogens is 275 g/mol. The van der Waals surface area contributed by atoms with Crippen molar-refractivity contribution in [2.75, 3.05) is 6.61 Å². The Morgan fingerprint density at radius 2 is 1.55 bits per heavy atom. The van der Waals surface area contributed by atoms with Gasteiger partial charge in [-0.15, -0.1) is 0 Å². The van der Waals surface area contributed by atoms with Crippen LogP contribution in [0.15, 0.2) is 42.5 Å². The minimum absolute atomic E-state index is 0.296. The van der Waals surface area contributed by atoms with Crippen molar-refractivity contribution in [2.45, 2.75) is 46.0 Å². The first-order valence-electron chi connectivity index (χ1n) is 8.22. The first-order chi connectivity index (χ1) is 10.7. The quantitative estimate of drug-likeness (QED) is 0.593. The molecular formula is C20H25FO. The van der Waals surface area contributed by atoms with Gasteiger partial charge in [-0.1, -0.05) is 51.1 Å². The summed E-state index contributed by atoms with van der Waals surface area (Å²) in [4.78, 5) is 0. The predicted octanol–water partition coefficient (Wildman–Crippen LogP) is 6.19. The van der Waals surface area contributed by atoms with E-state index in [4.69, 9.17) is 4.74 Å². The molecule has 0 fully saturated rings. The van der Waals surface area contributed by atoms with Crippen LogP contribution < -0.4 is 4.74 Å². The van der Waals surface area contributed by atoms with Crippen molar-refractivity contribution < 1.29 is 9.13 Å². The van der Waals surface area contributed by atoms with E-state index in [2.05, 4.69) is 38.1 Å². The summed E-state index contributed by atoms with van der Waals surface area (Å²) in [5.41, 5.74) is 3.28. The molecule has 2 aromatic carbocycles. The average Bonchev–Trinajstić information content (AvgIpc) is 2.55. The van der Waals surface area contributed by atoms with Gasteiger partial charge in [0.25, 0.3) is 0 Å². The average molecular weight is 300 g/mol. The van der Waals surface area contributed by atoms with Gasteiger partial charge in [0.15, 0.2) is 11.6 Å². The largest absolute Gasteiger partial charge is 0.491 e. The Morgan fingerprint density at radius 3 is 2.09 bits per heavy atom. The van der Waals surface area contributed by atoms with Crippen LogP contribution in [-0.2, 0) is 0 Å². The zero-order chi connectivity index (χ0) is 15.9. The second kappa shape index (κ2) is 7.98. The van der Waals surface area contributed by atoms with Crippen molar-refractivity contribution in [2.24, 2.45) is 0 Å². The maximum atomic E-state index is 14.1. The molecule has 0 heterocycles. The molecule has 0 saturated heterocycles. The molecule has 0 radical (unpaired) electrons. The van der Waals surface area contributed by atoms with Gasteiger partial charge in [0, 0.05) is 0 Å². The normalized spacial score (nSPS) is 11.0. The van der Waals surface area contributed by atoms with Crippen LogP contribution in [0.1, 0.15) is 51.5 Å². The molecule has 22 heavy (non-hydrogen) atoms.